The maximum atomic E-state index is 12.4. The zero-order valence-electron chi connectivity index (χ0n) is 14.5. The first-order valence-electron chi connectivity index (χ1n) is 7.97. The van der Waals surface area contributed by atoms with Crippen molar-refractivity contribution in [3.05, 3.63) is 47.5 Å². The van der Waals surface area contributed by atoms with E-state index in [9.17, 15) is 4.79 Å². The number of benzene rings is 2. The van der Waals surface area contributed by atoms with E-state index in [1.807, 2.05) is 36.4 Å². The molecule has 1 aliphatic rings. The average molecular weight is 343 g/mol. The fourth-order valence-corrected chi connectivity index (χ4v) is 2.87. The van der Waals surface area contributed by atoms with Crippen molar-refractivity contribution in [2.24, 2.45) is 0 Å². The summed E-state index contributed by atoms with van der Waals surface area (Å²) in [4.78, 5) is 12.4. The van der Waals surface area contributed by atoms with Crippen molar-refractivity contribution in [3.8, 4) is 23.0 Å². The van der Waals surface area contributed by atoms with Gasteiger partial charge in [-0.1, -0.05) is 18.2 Å². The summed E-state index contributed by atoms with van der Waals surface area (Å²) in [5.41, 5.74) is 1.90. The van der Waals surface area contributed by atoms with Crippen LogP contribution in [0.2, 0.25) is 0 Å². The summed E-state index contributed by atoms with van der Waals surface area (Å²) >= 11 is 0. The Morgan fingerprint density at radius 1 is 1.12 bits per heavy atom. The monoisotopic (exact) mass is 343 g/mol. The number of methoxy groups -OCH3 is 3. The average Bonchev–Trinajstić information content (AvgIpc) is 3.09. The fourth-order valence-electron chi connectivity index (χ4n) is 2.87. The van der Waals surface area contributed by atoms with Gasteiger partial charge in [-0.3, -0.25) is 4.79 Å². The van der Waals surface area contributed by atoms with E-state index in [4.69, 9.17) is 18.9 Å². The van der Waals surface area contributed by atoms with Crippen molar-refractivity contribution < 1.29 is 23.7 Å². The van der Waals surface area contributed by atoms with Crippen molar-refractivity contribution in [1.29, 1.82) is 0 Å². The number of para-hydroxylation sites is 1. The van der Waals surface area contributed by atoms with Crippen LogP contribution >= 0.6 is 0 Å². The van der Waals surface area contributed by atoms with Gasteiger partial charge in [-0.15, -0.1) is 0 Å². The maximum Gasteiger partial charge on any atom is 0.261 e. The van der Waals surface area contributed by atoms with E-state index in [-0.39, 0.29) is 5.91 Å². The summed E-state index contributed by atoms with van der Waals surface area (Å²) in [6.45, 7) is 0.339. The molecular weight excluding hydrogens is 322 g/mol. The highest BCUT2D eigenvalue weighted by molar-refractivity contribution is 5.82. The molecule has 0 unspecified atom stereocenters. The zero-order valence-corrected chi connectivity index (χ0v) is 14.5. The molecule has 1 heterocycles. The smallest absolute Gasteiger partial charge is 0.261 e. The van der Waals surface area contributed by atoms with Crippen molar-refractivity contribution in [2.75, 3.05) is 21.3 Å². The molecule has 2 aromatic rings. The SMILES string of the molecule is COc1cc(CNC(=O)[C@H]2Cc3ccccc3O2)cc(OC)c1OC. The number of hydrogen-bond donors (Lipinski definition) is 1. The van der Waals surface area contributed by atoms with Crippen molar-refractivity contribution in [1.82, 2.24) is 5.32 Å². The van der Waals surface area contributed by atoms with Crippen LogP contribution in [-0.4, -0.2) is 33.3 Å². The van der Waals surface area contributed by atoms with Crippen LogP contribution < -0.4 is 24.3 Å². The Hall–Kier alpha value is -2.89. The second-order valence-corrected chi connectivity index (χ2v) is 5.67. The van der Waals surface area contributed by atoms with E-state index in [1.54, 1.807) is 21.3 Å². The van der Waals surface area contributed by atoms with Crippen LogP contribution in [0.3, 0.4) is 0 Å². The van der Waals surface area contributed by atoms with E-state index in [2.05, 4.69) is 5.32 Å². The number of amides is 1. The summed E-state index contributed by atoms with van der Waals surface area (Å²) in [5.74, 6) is 2.25. The Kier molecular flexibility index (Phi) is 4.97. The van der Waals surface area contributed by atoms with Crippen molar-refractivity contribution >= 4 is 5.91 Å². The van der Waals surface area contributed by atoms with E-state index >= 15 is 0 Å². The van der Waals surface area contributed by atoms with Crippen LogP contribution in [0.4, 0.5) is 0 Å². The van der Waals surface area contributed by atoms with Gasteiger partial charge in [0.1, 0.15) is 5.75 Å². The van der Waals surface area contributed by atoms with Gasteiger partial charge < -0.3 is 24.3 Å². The molecule has 1 N–H and O–H groups in total. The lowest BCUT2D eigenvalue weighted by atomic mass is 10.1. The van der Waals surface area contributed by atoms with Gasteiger partial charge >= 0.3 is 0 Å². The number of carbonyl (C=O) groups excluding carboxylic acids is 1. The highest BCUT2D eigenvalue weighted by atomic mass is 16.5. The number of rotatable bonds is 6. The van der Waals surface area contributed by atoms with Gasteiger partial charge in [0.2, 0.25) is 5.75 Å². The highest BCUT2D eigenvalue weighted by Gasteiger charge is 2.28. The molecule has 2 aromatic carbocycles. The molecule has 0 aromatic heterocycles. The summed E-state index contributed by atoms with van der Waals surface area (Å²) in [6.07, 6.45) is 0.0801. The Labute approximate surface area is 146 Å². The molecule has 0 aliphatic carbocycles. The lowest BCUT2D eigenvalue weighted by molar-refractivity contribution is -0.127. The third kappa shape index (κ3) is 3.47. The molecule has 0 fully saturated rings. The summed E-state index contributed by atoms with van der Waals surface area (Å²) in [5, 5.41) is 2.90. The second-order valence-electron chi connectivity index (χ2n) is 5.67. The minimum atomic E-state index is -0.501. The maximum absolute atomic E-state index is 12.4. The van der Waals surface area contributed by atoms with Crippen LogP contribution in [0.25, 0.3) is 0 Å². The number of ether oxygens (including phenoxy) is 4. The minimum Gasteiger partial charge on any atom is -0.493 e. The molecule has 0 saturated heterocycles. The highest BCUT2D eigenvalue weighted by Crippen LogP contribution is 2.38. The molecule has 6 nitrogen and oxygen atoms in total. The third-order valence-corrected chi connectivity index (χ3v) is 4.13. The largest absolute Gasteiger partial charge is 0.493 e. The zero-order chi connectivity index (χ0) is 17.8. The number of fused-ring (bicyclic) bond motifs is 1. The van der Waals surface area contributed by atoms with Gasteiger partial charge in [0, 0.05) is 13.0 Å². The predicted octanol–water partition coefficient (Wildman–Crippen LogP) is 2.33. The van der Waals surface area contributed by atoms with Crippen molar-refractivity contribution in [2.45, 2.75) is 19.1 Å². The van der Waals surface area contributed by atoms with Crippen molar-refractivity contribution in [3.63, 3.8) is 0 Å². The van der Waals surface area contributed by atoms with E-state index < -0.39 is 6.10 Å². The third-order valence-electron chi connectivity index (χ3n) is 4.13. The van der Waals surface area contributed by atoms with Gasteiger partial charge in [-0.2, -0.15) is 0 Å². The molecule has 3 rings (SSSR count). The minimum absolute atomic E-state index is 0.148. The molecule has 25 heavy (non-hydrogen) atoms. The van der Waals surface area contributed by atoms with Crippen LogP contribution in [0.5, 0.6) is 23.0 Å². The van der Waals surface area contributed by atoms with Gasteiger partial charge in [0.15, 0.2) is 17.6 Å². The van der Waals surface area contributed by atoms with Gasteiger partial charge in [0.05, 0.1) is 21.3 Å². The quantitative estimate of drug-likeness (QED) is 0.872. The fraction of sp³-hybridized carbons (Fsp3) is 0.316. The van der Waals surface area contributed by atoms with Crippen LogP contribution in [0.1, 0.15) is 11.1 Å². The van der Waals surface area contributed by atoms with Gasteiger partial charge in [-0.25, -0.2) is 0 Å². The first kappa shape index (κ1) is 17.0. The molecule has 0 radical (unpaired) electrons. The second kappa shape index (κ2) is 7.34. The molecule has 1 atom stereocenters. The summed E-state index contributed by atoms with van der Waals surface area (Å²) in [7, 11) is 4.67. The molecule has 0 spiro atoms. The molecular formula is C19H21NO5. The number of carbonyl (C=O) groups is 1. The number of nitrogens with one attached hydrogen (secondary N) is 1. The lowest BCUT2D eigenvalue weighted by Crippen LogP contribution is -2.37. The Balaban J connectivity index is 1.67. The van der Waals surface area contributed by atoms with Crippen LogP contribution in [-0.2, 0) is 17.8 Å². The molecule has 132 valence electrons. The standard InChI is InChI=1S/C19H21NO5/c1-22-15-8-12(9-16(23-2)18(15)24-3)11-20-19(21)17-10-13-6-4-5-7-14(13)25-17/h4-9,17H,10-11H2,1-3H3,(H,20,21)/t17-/m1/s1. The lowest BCUT2D eigenvalue weighted by Gasteiger charge is -2.15. The molecule has 0 saturated carbocycles. The topological polar surface area (TPSA) is 66.0 Å². The normalized spacial score (nSPS) is 15.1. The van der Waals surface area contributed by atoms with E-state index in [1.165, 1.54) is 0 Å². The number of hydrogen-bond acceptors (Lipinski definition) is 5. The molecule has 1 aliphatic heterocycles. The van der Waals surface area contributed by atoms with E-state index in [0.29, 0.717) is 30.2 Å². The van der Waals surface area contributed by atoms with Gasteiger partial charge in [-0.05, 0) is 29.3 Å². The Morgan fingerprint density at radius 2 is 1.80 bits per heavy atom. The Bertz CT molecular complexity index is 724. The predicted molar refractivity (Wildman–Crippen MR) is 92.5 cm³/mol. The Morgan fingerprint density at radius 3 is 2.40 bits per heavy atom. The molecule has 6 heteroatoms. The first-order chi connectivity index (χ1) is 12.2. The summed E-state index contributed by atoms with van der Waals surface area (Å²) in [6, 6.07) is 11.3. The van der Waals surface area contributed by atoms with Crippen LogP contribution in [0, 0.1) is 0 Å². The molecule has 0 bridgehead atoms. The van der Waals surface area contributed by atoms with E-state index in [0.717, 1.165) is 16.9 Å². The molecule has 1 amide bonds. The van der Waals surface area contributed by atoms with Gasteiger partial charge in [0.25, 0.3) is 5.91 Å². The first-order valence-corrected chi connectivity index (χ1v) is 7.97. The van der Waals surface area contributed by atoms with Crippen LogP contribution in [0.15, 0.2) is 36.4 Å². The summed E-state index contributed by atoms with van der Waals surface area (Å²) < 4.78 is 21.7.